The van der Waals surface area contributed by atoms with E-state index in [1.807, 2.05) is 6.07 Å². The number of amides is 2. The van der Waals surface area contributed by atoms with Crippen LogP contribution in [0.2, 0.25) is 0 Å². The minimum absolute atomic E-state index is 0.231. The van der Waals surface area contributed by atoms with Gasteiger partial charge in [-0.15, -0.1) is 10.2 Å². The lowest BCUT2D eigenvalue weighted by molar-refractivity contribution is -0.115. The van der Waals surface area contributed by atoms with Crippen LogP contribution < -0.4 is 10.6 Å². The summed E-state index contributed by atoms with van der Waals surface area (Å²) >= 11 is 0. The summed E-state index contributed by atoms with van der Waals surface area (Å²) in [7, 11) is 0. The van der Waals surface area contributed by atoms with E-state index < -0.39 is 0 Å². The number of hydrogen-bond donors (Lipinski definition) is 2. The predicted octanol–water partition coefficient (Wildman–Crippen LogP) is 2.72. The third-order valence-corrected chi connectivity index (χ3v) is 3.13. The number of nitrogens with one attached hydrogen (secondary N) is 2. The number of rotatable bonds is 4. The van der Waals surface area contributed by atoms with Gasteiger partial charge in [0.2, 0.25) is 17.7 Å². The maximum absolute atomic E-state index is 11.3. The summed E-state index contributed by atoms with van der Waals surface area (Å²) in [6.45, 7) is 2.80. The van der Waals surface area contributed by atoms with Gasteiger partial charge >= 0.3 is 0 Å². The van der Waals surface area contributed by atoms with Gasteiger partial charge in [-0.2, -0.15) is 0 Å². The highest BCUT2D eigenvalue weighted by atomic mass is 16.4. The minimum Gasteiger partial charge on any atom is -0.415 e. The molecule has 0 radical (unpaired) electrons. The number of hydrogen-bond acceptors (Lipinski definition) is 6. The fraction of sp³-hybridized carbons (Fsp3) is 0.118. The first-order valence-electron chi connectivity index (χ1n) is 7.47. The van der Waals surface area contributed by atoms with E-state index >= 15 is 0 Å². The number of anilines is 2. The molecule has 0 atom stereocenters. The molecular formula is C17H15N5O3. The number of pyridine rings is 1. The average Bonchev–Trinajstić information content (AvgIpc) is 3.04. The van der Waals surface area contributed by atoms with Crippen molar-refractivity contribution in [3.8, 4) is 23.0 Å². The van der Waals surface area contributed by atoms with E-state index in [9.17, 15) is 9.59 Å². The predicted molar refractivity (Wildman–Crippen MR) is 91.6 cm³/mol. The number of carbonyl (C=O) groups excluding carboxylic acids is 2. The van der Waals surface area contributed by atoms with Crippen molar-refractivity contribution >= 4 is 23.2 Å². The van der Waals surface area contributed by atoms with Crippen LogP contribution in [0.4, 0.5) is 11.4 Å². The molecule has 0 aliphatic rings. The van der Waals surface area contributed by atoms with Crippen molar-refractivity contribution in [2.24, 2.45) is 0 Å². The first-order chi connectivity index (χ1) is 12.0. The van der Waals surface area contributed by atoms with Gasteiger partial charge in [0, 0.05) is 37.0 Å². The molecule has 1 aromatic carbocycles. The minimum atomic E-state index is -0.231. The molecule has 3 rings (SSSR count). The van der Waals surface area contributed by atoms with Crippen LogP contribution in [-0.2, 0) is 9.59 Å². The summed E-state index contributed by atoms with van der Waals surface area (Å²) in [5, 5.41) is 13.4. The van der Waals surface area contributed by atoms with Gasteiger partial charge < -0.3 is 15.1 Å². The largest absolute Gasteiger partial charge is 0.415 e. The van der Waals surface area contributed by atoms with Crippen molar-refractivity contribution in [2.75, 3.05) is 10.6 Å². The first-order valence-corrected chi connectivity index (χ1v) is 7.47. The van der Waals surface area contributed by atoms with Gasteiger partial charge in [-0.1, -0.05) is 6.07 Å². The van der Waals surface area contributed by atoms with E-state index in [2.05, 4.69) is 25.8 Å². The van der Waals surface area contributed by atoms with E-state index in [0.29, 0.717) is 22.6 Å². The van der Waals surface area contributed by atoms with Crippen LogP contribution in [0.1, 0.15) is 13.8 Å². The molecule has 2 heterocycles. The lowest BCUT2D eigenvalue weighted by atomic mass is 10.1. The fourth-order valence-electron chi connectivity index (χ4n) is 2.23. The Balaban J connectivity index is 1.99. The van der Waals surface area contributed by atoms with Crippen molar-refractivity contribution in [1.29, 1.82) is 0 Å². The quantitative estimate of drug-likeness (QED) is 0.757. The highest BCUT2D eigenvalue weighted by molar-refractivity contribution is 5.93. The number of aromatic nitrogens is 3. The van der Waals surface area contributed by atoms with Crippen molar-refractivity contribution in [1.82, 2.24) is 15.2 Å². The molecule has 0 fully saturated rings. The second-order valence-corrected chi connectivity index (χ2v) is 5.29. The SMILES string of the molecule is CC(=O)Nc1cc(NC(C)=O)cc(-c2nnc(-c3ccccn3)o2)c1. The Bertz CT molecular complexity index is 887. The smallest absolute Gasteiger partial charge is 0.266 e. The molecule has 0 saturated carbocycles. The van der Waals surface area contributed by atoms with Crippen LogP contribution in [0.15, 0.2) is 47.0 Å². The first kappa shape index (κ1) is 16.3. The van der Waals surface area contributed by atoms with E-state index in [1.165, 1.54) is 13.8 Å². The lowest BCUT2D eigenvalue weighted by Crippen LogP contribution is -2.09. The van der Waals surface area contributed by atoms with Gasteiger partial charge in [0.25, 0.3) is 5.89 Å². The standard InChI is InChI=1S/C17H15N5O3/c1-10(23)19-13-7-12(8-14(9-13)20-11(2)24)16-21-22-17(25-16)15-5-3-4-6-18-15/h3-9H,1-2H3,(H,19,23)(H,20,24). The fourth-order valence-corrected chi connectivity index (χ4v) is 2.23. The van der Waals surface area contributed by atoms with Crippen molar-refractivity contribution < 1.29 is 14.0 Å². The van der Waals surface area contributed by atoms with Gasteiger partial charge in [-0.05, 0) is 30.3 Å². The Morgan fingerprint density at radius 1 is 0.920 bits per heavy atom. The molecule has 8 heteroatoms. The summed E-state index contributed by atoms with van der Waals surface area (Å²) in [6, 6.07) is 10.4. The van der Waals surface area contributed by atoms with E-state index in [4.69, 9.17) is 4.42 Å². The monoisotopic (exact) mass is 337 g/mol. The molecule has 2 aromatic heterocycles. The average molecular weight is 337 g/mol. The van der Waals surface area contributed by atoms with Gasteiger partial charge in [-0.3, -0.25) is 14.6 Å². The molecular weight excluding hydrogens is 322 g/mol. The van der Waals surface area contributed by atoms with Crippen LogP contribution in [-0.4, -0.2) is 27.0 Å². The number of nitrogens with zero attached hydrogens (tertiary/aromatic N) is 3. The van der Waals surface area contributed by atoms with Crippen LogP contribution in [0.25, 0.3) is 23.0 Å². The van der Waals surface area contributed by atoms with Crippen molar-refractivity contribution in [2.45, 2.75) is 13.8 Å². The second-order valence-electron chi connectivity index (χ2n) is 5.29. The highest BCUT2D eigenvalue weighted by Gasteiger charge is 2.13. The summed E-state index contributed by atoms with van der Waals surface area (Å²) < 4.78 is 5.67. The zero-order valence-corrected chi connectivity index (χ0v) is 13.6. The summed E-state index contributed by atoms with van der Waals surface area (Å²) in [4.78, 5) is 26.8. The van der Waals surface area contributed by atoms with Crippen LogP contribution in [0.3, 0.4) is 0 Å². The Hall–Kier alpha value is -3.55. The molecule has 0 saturated heterocycles. The van der Waals surface area contributed by atoms with Crippen LogP contribution in [0.5, 0.6) is 0 Å². The van der Waals surface area contributed by atoms with Gasteiger partial charge in [0.15, 0.2) is 0 Å². The maximum atomic E-state index is 11.3. The topological polar surface area (TPSA) is 110 Å². The second kappa shape index (κ2) is 6.91. The number of benzene rings is 1. The molecule has 126 valence electrons. The molecule has 8 nitrogen and oxygen atoms in total. The third-order valence-electron chi connectivity index (χ3n) is 3.13. The van der Waals surface area contributed by atoms with E-state index in [-0.39, 0.29) is 23.6 Å². The molecule has 0 aliphatic carbocycles. The Labute approximate surface area is 143 Å². The molecule has 0 unspecified atom stereocenters. The lowest BCUT2D eigenvalue weighted by Gasteiger charge is -2.08. The van der Waals surface area contributed by atoms with Crippen molar-refractivity contribution in [3.05, 3.63) is 42.6 Å². The van der Waals surface area contributed by atoms with E-state index in [1.54, 1.807) is 36.5 Å². The van der Waals surface area contributed by atoms with Gasteiger partial charge in [0.1, 0.15) is 5.69 Å². The molecule has 2 amide bonds. The normalized spacial score (nSPS) is 10.3. The highest BCUT2D eigenvalue weighted by Crippen LogP contribution is 2.28. The zero-order valence-electron chi connectivity index (χ0n) is 13.6. The Kier molecular flexibility index (Phi) is 4.51. The van der Waals surface area contributed by atoms with Crippen LogP contribution in [0, 0.1) is 0 Å². The number of carbonyl (C=O) groups is 2. The Morgan fingerprint density at radius 3 is 2.12 bits per heavy atom. The van der Waals surface area contributed by atoms with E-state index in [0.717, 1.165) is 0 Å². The summed E-state index contributed by atoms with van der Waals surface area (Å²) in [5.41, 5.74) is 2.13. The summed E-state index contributed by atoms with van der Waals surface area (Å²) in [6.07, 6.45) is 1.63. The Morgan fingerprint density at radius 2 is 1.56 bits per heavy atom. The third kappa shape index (κ3) is 4.05. The zero-order chi connectivity index (χ0) is 17.8. The van der Waals surface area contributed by atoms with Gasteiger partial charge in [-0.25, -0.2) is 0 Å². The summed E-state index contributed by atoms with van der Waals surface area (Å²) in [5.74, 6) is 0.0670. The maximum Gasteiger partial charge on any atom is 0.266 e. The molecule has 3 aromatic rings. The molecule has 2 N–H and O–H groups in total. The molecule has 0 aliphatic heterocycles. The molecule has 25 heavy (non-hydrogen) atoms. The van der Waals surface area contributed by atoms with Crippen molar-refractivity contribution in [3.63, 3.8) is 0 Å². The molecule has 0 spiro atoms. The van der Waals surface area contributed by atoms with Crippen LogP contribution >= 0.6 is 0 Å². The van der Waals surface area contributed by atoms with Gasteiger partial charge in [0.05, 0.1) is 0 Å². The molecule has 0 bridgehead atoms.